The van der Waals surface area contributed by atoms with Crippen molar-refractivity contribution >= 4 is 40.3 Å². The number of rotatable bonds is 8. The van der Waals surface area contributed by atoms with E-state index in [4.69, 9.17) is 22.1 Å². The van der Waals surface area contributed by atoms with Crippen LogP contribution in [0.25, 0.3) is 23.0 Å². The minimum Gasteiger partial charge on any atom is -0.493 e. The fourth-order valence-electron chi connectivity index (χ4n) is 3.95. The maximum Gasteiger partial charge on any atom is 0.266 e. The van der Waals surface area contributed by atoms with Crippen molar-refractivity contribution in [1.29, 1.82) is 0 Å². The zero-order valence-electron chi connectivity index (χ0n) is 20.7. The molecule has 1 amide bonds. The van der Waals surface area contributed by atoms with Crippen LogP contribution in [-0.2, 0) is 11.3 Å². The van der Waals surface area contributed by atoms with Crippen LogP contribution in [0.4, 0.5) is 0 Å². The van der Waals surface area contributed by atoms with E-state index in [2.05, 4.69) is 13.8 Å². The summed E-state index contributed by atoms with van der Waals surface area (Å²) in [4.78, 5) is 15.6. The number of para-hydroxylation sites is 1. The van der Waals surface area contributed by atoms with E-state index in [1.807, 2.05) is 102 Å². The third kappa shape index (κ3) is 5.84. The first-order chi connectivity index (χ1) is 18.0. The molecule has 1 fully saturated rings. The van der Waals surface area contributed by atoms with Crippen LogP contribution in [0.2, 0.25) is 0 Å². The molecule has 2 heterocycles. The molecule has 0 unspecified atom stereocenters. The lowest BCUT2D eigenvalue weighted by molar-refractivity contribution is -0.122. The Morgan fingerprint density at radius 3 is 2.32 bits per heavy atom. The Labute approximate surface area is 226 Å². The predicted molar refractivity (Wildman–Crippen MR) is 154 cm³/mol. The number of benzene rings is 3. The highest BCUT2D eigenvalue weighted by molar-refractivity contribution is 8.26. The Morgan fingerprint density at radius 1 is 0.973 bits per heavy atom. The van der Waals surface area contributed by atoms with Crippen LogP contribution in [-0.4, -0.2) is 31.5 Å². The topological polar surface area (TPSA) is 47.4 Å². The van der Waals surface area contributed by atoms with Crippen LogP contribution in [0, 0.1) is 5.92 Å². The van der Waals surface area contributed by atoms with Crippen molar-refractivity contribution in [2.45, 2.75) is 20.4 Å². The van der Waals surface area contributed by atoms with Crippen molar-refractivity contribution in [1.82, 2.24) is 14.7 Å². The lowest BCUT2D eigenvalue weighted by Crippen LogP contribution is -2.27. The van der Waals surface area contributed by atoms with E-state index >= 15 is 0 Å². The zero-order chi connectivity index (χ0) is 25.8. The summed E-state index contributed by atoms with van der Waals surface area (Å²) in [6.07, 6.45) is 3.85. The van der Waals surface area contributed by atoms with Crippen molar-refractivity contribution in [2.75, 3.05) is 6.61 Å². The van der Waals surface area contributed by atoms with Crippen LogP contribution >= 0.6 is 24.0 Å². The summed E-state index contributed by atoms with van der Waals surface area (Å²) in [6.45, 7) is 5.37. The number of hydrogen-bond donors (Lipinski definition) is 0. The molecule has 1 aliphatic rings. The van der Waals surface area contributed by atoms with Crippen LogP contribution in [0.5, 0.6) is 5.75 Å². The highest BCUT2D eigenvalue weighted by atomic mass is 32.2. The van der Waals surface area contributed by atoms with Gasteiger partial charge in [0, 0.05) is 17.3 Å². The SMILES string of the molecule is CC(C)COc1ccc(-c2nn(-c3ccccc3)cc2/C=C2\SC(=S)N(Cc3ccccc3)C2=O)cc1. The lowest BCUT2D eigenvalue weighted by Gasteiger charge is -2.14. The Kier molecular flexibility index (Phi) is 7.53. The normalized spacial score (nSPS) is 14.7. The van der Waals surface area contributed by atoms with Crippen LogP contribution in [0.3, 0.4) is 0 Å². The number of aromatic nitrogens is 2. The largest absolute Gasteiger partial charge is 0.493 e. The molecular weight excluding hydrogens is 498 g/mol. The molecule has 37 heavy (non-hydrogen) atoms. The number of thioether (sulfide) groups is 1. The molecule has 3 aromatic carbocycles. The van der Waals surface area contributed by atoms with Gasteiger partial charge in [0.05, 0.1) is 29.4 Å². The van der Waals surface area contributed by atoms with Gasteiger partial charge in [0.15, 0.2) is 0 Å². The smallest absolute Gasteiger partial charge is 0.266 e. The van der Waals surface area contributed by atoms with E-state index in [-0.39, 0.29) is 5.91 Å². The summed E-state index contributed by atoms with van der Waals surface area (Å²) >= 11 is 6.90. The zero-order valence-corrected chi connectivity index (χ0v) is 22.3. The van der Waals surface area contributed by atoms with Gasteiger partial charge in [0.25, 0.3) is 5.91 Å². The van der Waals surface area contributed by atoms with Gasteiger partial charge in [0.1, 0.15) is 10.1 Å². The second-order valence-electron chi connectivity index (χ2n) is 9.20. The molecule has 4 aromatic rings. The van der Waals surface area contributed by atoms with Crippen LogP contribution < -0.4 is 4.74 Å². The summed E-state index contributed by atoms with van der Waals surface area (Å²) in [7, 11) is 0. The Morgan fingerprint density at radius 2 is 1.65 bits per heavy atom. The Bertz CT molecular complexity index is 1430. The van der Waals surface area contributed by atoms with E-state index in [0.717, 1.165) is 33.8 Å². The molecule has 0 aliphatic carbocycles. The summed E-state index contributed by atoms with van der Waals surface area (Å²) in [5.41, 5.74) is 4.56. The third-order valence-electron chi connectivity index (χ3n) is 5.82. The van der Waals surface area contributed by atoms with E-state index in [1.54, 1.807) is 4.90 Å². The summed E-state index contributed by atoms with van der Waals surface area (Å²) in [5.74, 6) is 1.19. The standard InChI is InChI=1S/C30H27N3O2S2/c1-21(2)20-35-26-15-13-23(14-16-26)28-24(19-33(31-28)25-11-7-4-8-12-25)17-27-29(34)32(30(36)37-27)18-22-9-5-3-6-10-22/h3-17,19,21H,18,20H2,1-2H3/b27-17-. The predicted octanol–water partition coefficient (Wildman–Crippen LogP) is 6.98. The summed E-state index contributed by atoms with van der Waals surface area (Å²) in [5, 5.41) is 4.89. The minimum atomic E-state index is -0.0882. The maximum absolute atomic E-state index is 13.3. The molecule has 0 spiro atoms. The van der Waals surface area contributed by atoms with Gasteiger partial charge in [-0.2, -0.15) is 5.10 Å². The minimum absolute atomic E-state index is 0.0882. The first-order valence-corrected chi connectivity index (χ1v) is 13.4. The molecular formula is C30H27N3O2S2. The first kappa shape index (κ1) is 25.0. The van der Waals surface area contributed by atoms with E-state index in [0.29, 0.717) is 28.3 Å². The van der Waals surface area contributed by atoms with Crippen LogP contribution in [0.15, 0.2) is 96.0 Å². The lowest BCUT2D eigenvalue weighted by atomic mass is 10.1. The monoisotopic (exact) mass is 525 g/mol. The van der Waals surface area contributed by atoms with Gasteiger partial charge in [-0.15, -0.1) is 0 Å². The van der Waals surface area contributed by atoms with E-state index in [1.165, 1.54) is 11.8 Å². The summed E-state index contributed by atoms with van der Waals surface area (Å²) < 4.78 is 8.25. The van der Waals surface area contributed by atoms with Crippen molar-refractivity contribution in [3.8, 4) is 22.7 Å². The molecule has 186 valence electrons. The molecule has 7 heteroatoms. The molecule has 0 atom stereocenters. The van der Waals surface area contributed by atoms with Crippen molar-refractivity contribution in [3.05, 3.63) is 107 Å². The first-order valence-electron chi connectivity index (χ1n) is 12.2. The Hall–Kier alpha value is -3.68. The maximum atomic E-state index is 13.3. The number of thiocarbonyl (C=S) groups is 1. The highest BCUT2D eigenvalue weighted by Crippen LogP contribution is 2.36. The molecule has 0 saturated carbocycles. The number of hydrogen-bond acceptors (Lipinski definition) is 5. The molecule has 5 nitrogen and oxygen atoms in total. The van der Waals surface area contributed by atoms with Gasteiger partial charge in [-0.3, -0.25) is 9.69 Å². The van der Waals surface area contributed by atoms with Gasteiger partial charge in [-0.1, -0.05) is 86.4 Å². The van der Waals surface area contributed by atoms with Gasteiger partial charge >= 0.3 is 0 Å². The van der Waals surface area contributed by atoms with Gasteiger partial charge in [0.2, 0.25) is 0 Å². The van der Waals surface area contributed by atoms with Crippen molar-refractivity contribution < 1.29 is 9.53 Å². The average molecular weight is 526 g/mol. The second kappa shape index (κ2) is 11.2. The van der Waals surface area contributed by atoms with Crippen molar-refractivity contribution in [2.24, 2.45) is 5.92 Å². The molecule has 0 bridgehead atoms. The van der Waals surface area contributed by atoms with E-state index < -0.39 is 0 Å². The third-order valence-corrected chi connectivity index (χ3v) is 7.20. The highest BCUT2D eigenvalue weighted by Gasteiger charge is 2.32. The quantitative estimate of drug-likeness (QED) is 0.184. The van der Waals surface area contributed by atoms with Crippen LogP contribution in [0.1, 0.15) is 25.0 Å². The average Bonchev–Trinajstić information content (AvgIpc) is 3.45. The number of ether oxygens (including phenoxy) is 1. The second-order valence-corrected chi connectivity index (χ2v) is 10.9. The molecule has 0 radical (unpaired) electrons. The van der Waals surface area contributed by atoms with Gasteiger partial charge in [-0.05, 0) is 54.0 Å². The van der Waals surface area contributed by atoms with Gasteiger partial charge < -0.3 is 4.74 Å². The Balaban J connectivity index is 1.48. The molecule has 1 aromatic heterocycles. The number of amides is 1. The fourth-order valence-corrected chi connectivity index (χ4v) is 5.19. The number of nitrogens with zero attached hydrogens (tertiary/aromatic N) is 3. The molecule has 1 aliphatic heterocycles. The summed E-state index contributed by atoms with van der Waals surface area (Å²) in [6, 6.07) is 27.8. The molecule has 1 saturated heterocycles. The molecule has 5 rings (SSSR count). The number of carbonyl (C=O) groups is 1. The van der Waals surface area contributed by atoms with Gasteiger partial charge in [-0.25, -0.2) is 4.68 Å². The van der Waals surface area contributed by atoms with Crippen molar-refractivity contribution in [3.63, 3.8) is 0 Å². The van der Waals surface area contributed by atoms with E-state index in [9.17, 15) is 4.79 Å². The fraction of sp³-hybridized carbons (Fsp3) is 0.167. The molecule has 0 N–H and O–H groups in total. The number of carbonyl (C=O) groups excluding carboxylic acids is 1.